The molecule has 0 radical (unpaired) electrons. The van der Waals surface area contributed by atoms with E-state index in [1.165, 1.54) is 0 Å². The molecule has 0 spiro atoms. The lowest BCUT2D eigenvalue weighted by atomic mass is 10.2. The largest absolute Gasteiger partial charge is 0.361 e. The van der Waals surface area contributed by atoms with Gasteiger partial charge in [0.05, 0.1) is 21.6 Å². The van der Waals surface area contributed by atoms with Crippen molar-refractivity contribution < 1.29 is 4.52 Å². The molecule has 0 aliphatic carbocycles. The molecular weight excluding hydrogens is 198 g/mol. The van der Waals surface area contributed by atoms with Gasteiger partial charge in [-0.1, -0.05) is 5.16 Å². The normalized spacial score (nSPS) is 10.7. The van der Waals surface area contributed by atoms with Crippen molar-refractivity contribution in [3.05, 3.63) is 23.2 Å². The summed E-state index contributed by atoms with van der Waals surface area (Å²) >= 11 is 1.64. The molecule has 74 valence electrons. The summed E-state index contributed by atoms with van der Waals surface area (Å²) in [6.07, 6.45) is 4.39. The van der Waals surface area contributed by atoms with Crippen LogP contribution in [-0.4, -0.2) is 16.7 Å². The molecule has 2 rings (SSSR count). The lowest BCUT2D eigenvalue weighted by Gasteiger charge is -1.89. The van der Waals surface area contributed by atoms with E-state index in [0.717, 1.165) is 27.6 Å². The first-order valence-electron chi connectivity index (χ1n) is 4.37. The highest BCUT2D eigenvalue weighted by Crippen LogP contribution is 2.28. The molecule has 0 aliphatic rings. The van der Waals surface area contributed by atoms with Crippen LogP contribution < -0.4 is 5.73 Å². The van der Waals surface area contributed by atoms with Crippen molar-refractivity contribution in [2.45, 2.75) is 13.3 Å². The third kappa shape index (κ3) is 1.69. The van der Waals surface area contributed by atoms with Crippen molar-refractivity contribution in [1.82, 2.24) is 10.1 Å². The average molecular weight is 209 g/mol. The van der Waals surface area contributed by atoms with Crippen LogP contribution in [0.4, 0.5) is 0 Å². The Kier molecular flexibility index (Phi) is 2.60. The lowest BCUT2D eigenvalue weighted by molar-refractivity contribution is 0.398. The van der Waals surface area contributed by atoms with Crippen LogP contribution in [0.15, 0.2) is 16.9 Å². The highest BCUT2D eigenvalue weighted by atomic mass is 32.1. The number of nitrogens with zero attached hydrogens (tertiary/aromatic N) is 2. The SMILES string of the molecule is Cc1oncc1-c1cnc(CCN)s1. The van der Waals surface area contributed by atoms with Crippen molar-refractivity contribution >= 4 is 11.3 Å². The van der Waals surface area contributed by atoms with Gasteiger partial charge in [0, 0.05) is 12.6 Å². The maximum atomic E-state index is 5.45. The molecule has 0 saturated heterocycles. The molecule has 2 N–H and O–H groups in total. The van der Waals surface area contributed by atoms with E-state index in [-0.39, 0.29) is 0 Å². The number of hydrogen-bond donors (Lipinski definition) is 1. The topological polar surface area (TPSA) is 64.9 Å². The number of hydrogen-bond acceptors (Lipinski definition) is 5. The molecule has 0 bridgehead atoms. The highest BCUT2D eigenvalue weighted by molar-refractivity contribution is 7.15. The van der Waals surface area contributed by atoms with Gasteiger partial charge in [-0.2, -0.15) is 0 Å². The zero-order chi connectivity index (χ0) is 9.97. The van der Waals surface area contributed by atoms with E-state index in [2.05, 4.69) is 10.1 Å². The van der Waals surface area contributed by atoms with Gasteiger partial charge >= 0.3 is 0 Å². The van der Waals surface area contributed by atoms with Gasteiger partial charge < -0.3 is 10.3 Å². The third-order valence-corrected chi connectivity index (χ3v) is 3.02. The summed E-state index contributed by atoms with van der Waals surface area (Å²) < 4.78 is 4.99. The molecule has 2 aromatic heterocycles. The van der Waals surface area contributed by atoms with Crippen molar-refractivity contribution in [2.75, 3.05) is 6.54 Å². The average Bonchev–Trinajstić information content (AvgIpc) is 2.74. The zero-order valence-electron chi connectivity index (χ0n) is 7.86. The summed E-state index contributed by atoms with van der Waals surface area (Å²) in [7, 11) is 0. The second kappa shape index (κ2) is 3.89. The number of aryl methyl sites for hydroxylation is 1. The number of rotatable bonds is 3. The summed E-state index contributed by atoms with van der Waals surface area (Å²) in [4.78, 5) is 5.36. The van der Waals surface area contributed by atoms with E-state index in [1.807, 2.05) is 13.1 Å². The highest BCUT2D eigenvalue weighted by Gasteiger charge is 2.09. The van der Waals surface area contributed by atoms with Gasteiger partial charge in [0.15, 0.2) is 0 Å². The van der Waals surface area contributed by atoms with E-state index in [1.54, 1.807) is 17.5 Å². The van der Waals surface area contributed by atoms with Gasteiger partial charge in [0.25, 0.3) is 0 Å². The summed E-state index contributed by atoms with van der Waals surface area (Å²) in [6, 6.07) is 0. The monoisotopic (exact) mass is 209 g/mol. The van der Waals surface area contributed by atoms with Crippen molar-refractivity contribution in [2.24, 2.45) is 5.73 Å². The molecule has 2 aromatic rings. The Morgan fingerprint density at radius 1 is 1.50 bits per heavy atom. The van der Waals surface area contributed by atoms with E-state index in [9.17, 15) is 0 Å². The fourth-order valence-corrected chi connectivity index (χ4v) is 2.20. The predicted octanol–water partition coefficient (Wildman–Crippen LogP) is 1.61. The fourth-order valence-electron chi connectivity index (χ4n) is 1.21. The quantitative estimate of drug-likeness (QED) is 0.834. The third-order valence-electron chi connectivity index (χ3n) is 1.93. The van der Waals surface area contributed by atoms with Gasteiger partial charge in [-0.25, -0.2) is 4.98 Å². The maximum Gasteiger partial charge on any atom is 0.142 e. The minimum absolute atomic E-state index is 0.634. The molecule has 0 atom stereocenters. The van der Waals surface area contributed by atoms with Crippen LogP contribution in [0.3, 0.4) is 0 Å². The molecule has 0 saturated carbocycles. The second-order valence-electron chi connectivity index (χ2n) is 2.95. The molecule has 0 aliphatic heterocycles. The Hall–Kier alpha value is -1.20. The van der Waals surface area contributed by atoms with Gasteiger partial charge in [0.2, 0.25) is 0 Å². The van der Waals surface area contributed by atoms with Crippen molar-refractivity contribution in [3.63, 3.8) is 0 Å². The van der Waals surface area contributed by atoms with Crippen LogP contribution in [0, 0.1) is 6.92 Å². The molecule has 14 heavy (non-hydrogen) atoms. The summed E-state index contributed by atoms with van der Waals surface area (Å²) in [5.74, 6) is 0.827. The summed E-state index contributed by atoms with van der Waals surface area (Å²) in [5, 5.41) is 4.79. The molecule has 0 fully saturated rings. The first-order valence-corrected chi connectivity index (χ1v) is 5.19. The van der Waals surface area contributed by atoms with Crippen molar-refractivity contribution in [1.29, 1.82) is 0 Å². The summed E-state index contributed by atoms with van der Waals surface area (Å²) in [6.45, 7) is 2.53. The van der Waals surface area contributed by atoms with Gasteiger partial charge in [-0.3, -0.25) is 0 Å². The van der Waals surface area contributed by atoms with Crippen LogP contribution >= 0.6 is 11.3 Å². The lowest BCUT2D eigenvalue weighted by Crippen LogP contribution is -2.01. The van der Waals surface area contributed by atoms with Gasteiger partial charge in [-0.15, -0.1) is 11.3 Å². The smallest absolute Gasteiger partial charge is 0.142 e. The Labute approximate surface area is 85.7 Å². The van der Waals surface area contributed by atoms with E-state index >= 15 is 0 Å². The number of thiazole rings is 1. The first-order chi connectivity index (χ1) is 6.81. The minimum atomic E-state index is 0.634. The Bertz CT molecular complexity index is 421. The molecular formula is C9H11N3OS. The van der Waals surface area contributed by atoms with Gasteiger partial charge in [-0.05, 0) is 13.5 Å². The minimum Gasteiger partial charge on any atom is -0.361 e. The molecule has 2 heterocycles. The first kappa shape index (κ1) is 9.36. The Morgan fingerprint density at radius 2 is 2.36 bits per heavy atom. The van der Waals surface area contributed by atoms with Crippen LogP contribution in [0.2, 0.25) is 0 Å². The molecule has 0 amide bonds. The van der Waals surface area contributed by atoms with Crippen LogP contribution in [0.5, 0.6) is 0 Å². The van der Waals surface area contributed by atoms with Gasteiger partial charge in [0.1, 0.15) is 5.76 Å². The fraction of sp³-hybridized carbons (Fsp3) is 0.333. The predicted molar refractivity (Wildman–Crippen MR) is 55.1 cm³/mol. The van der Waals surface area contributed by atoms with E-state index in [4.69, 9.17) is 10.3 Å². The maximum absolute atomic E-state index is 5.45. The molecule has 4 nitrogen and oxygen atoms in total. The van der Waals surface area contributed by atoms with Crippen LogP contribution in [0.25, 0.3) is 10.4 Å². The van der Waals surface area contributed by atoms with Crippen LogP contribution in [-0.2, 0) is 6.42 Å². The molecule has 0 aromatic carbocycles. The van der Waals surface area contributed by atoms with E-state index < -0.39 is 0 Å². The zero-order valence-corrected chi connectivity index (χ0v) is 8.67. The van der Waals surface area contributed by atoms with Crippen molar-refractivity contribution in [3.8, 4) is 10.4 Å². The second-order valence-corrected chi connectivity index (χ2v) is 4.07. The van der Waals surface area contributed by atoms with Crippen LogP contribution in [0.1, 0.15) is 10.8 Å². The Morgan fingerprint density at radius 3 is 3.00 bits per heavy atom. The molecule has 5 heteroatoms. The summed E-state index contributed by atoms with van der Waals surface area (Å²) in [5.41, 5.74) is 6.47. The molecule has 0 unspecified atom stereocenters. The number of nitrogens with two attached hydrogens (primary N) is 1. The Balaban J connectivity index is 2.29. The number of aromatic nitrogens is 2. The standard InChI is InChI=1S/C9H11N3OS/c1-6-7(4-12-13-6)8-5-11-9(14-8)2-3-10/h4-5H,2-3,10H2,1H3. The van der Waals surface area contributed by atoms with E-state index in [0.29, 0.717) is 6.54 Å².